The van der Waals surface area contributed by atoms with Crippen molar-refractivity contribution in [3.8, 4) is 0 Å². The van der Waals surface area contributed by atoms with Gasteiger partial charge in [0.25, 0.3) is 5.91 Å². The van der Waals surface area contributed by atoms with Crippen molar-refractivity contribution in [2.45, 2.75) is 11.8 Å². The van der Waals surface area contributed by atoms with Gasteiger partial charge in [0.05, 0.1) is 11.4 Å². The molecule has 31 heavy (non-hydrogen) atoms. The molecule has 1 aliphatic rings. The molecular weight excluding hydrogens is 440 g/mol. The first kappa shape index (κ1) is 23.1. The third-order valence-corrected chi connectivity index (χ3v) is 6.73. The van der Waals surface area contributed by atoms with Crippen molar-refractivity contribution in [3.05, 3.63) is 59.1 Å². The van der Waals surface area contributed by atoms with Gasteiger partial charge in [-0.15, -0.1) is 0 Å². The molecule has 3 rings (SSSR count). The molecule has 2 aromatic carbocycles. The number of benzene rings is 2. The van der Waals surface area contributed by atoms with Crippen LogP contribution in [0, 0.1) is 0 Å². The Morgan fingerprint density at radius 3 is 2.42 bits per heavy atom. The van der Waals surface area contributed by atoms with Gasteiger partial charge in [-0.1, -0.05) is 30.7 Å². The van der Waals surface area contributed by atoms with E-state index in [-0.39, 0.29) is 29.5 Å². The molecule has 0 bridgehead atoms. The summed E-state index contributed by atoms with van der Waals surface area (Å²) in [5, 5.41) is 3.25. The molecule has 2 N–H and O–H groups in total. The van der Waals surface area contributed by atoms with Gasteiger partial charge in [-0.05, 0) is 36.4 Å². The van der Waals surface area contributed by atoms with Gasteiger partial charge in [-0.3, -0.25) is 9.59 Å². The Bertz CT molecular complexity index is 1050. The van der Waals surface area contributed by atoms with Crippen LogP contribution in [0.5, 0.6) is 0 Å². The fourth-order valence-corrected chi connectivity index (χ4v) is 4.61. The first-order valence-electron chi connectivity index (χ1n) is 9.96. The number of hydrogen-bond donors (Lipinski definition) is 2. The Morgan fingerprint density at radius 2 is 1.74 bits per heavy atom. The Labute approximate surface area is 187 Å². The van der Waals surface area contributed by atoms with Gasteiger partial charge in [-0.25, -0.2) is 13.1 Å². The van der Waals surface area contributed by atoms with Crippen LogP contribution in [0.1, 0.15) is 17.3 Å². The van der Waals surface area contributed by atoms with E-state index in [0.717, 1.165) is 5.69 Å². The summed E-state index contributed by atoms with van der Waals surface area (Å²) in [6.07, 6.45) is 0. The minimum atomic E-state index is -3.66. The molecule has 0 atom stereocenters. The van der Waals surface area contributed by atoms with E-state index in [2.05, 4.69) is 14.9 Å². The molecule has 2 amide bonds. The summed E-state index contributed by atoms with van der Waals surface area (Å²) in [7, 11) is -3.66. The summed E-state index contributed by atoms with van der Waals surface area (Å²) in [4.78, 5) is 28.8. The van der Waals surface area contributed by atoms with Crippen LogP contribution in [-0.4, -0.2) is 64.4 Å². The number of halogens is 1. The molecule has 0 saturated carbocycles. The van der Waals surface area contributed by atoms with Gasteiger partial charge in [0.15, 0.2) is 0 Å². The number of carbonyl (C=O) groups excluding carboxylic acids is 2. The predicted molar refractivity (Wildman–Crippen MR) is 120 cm³/mol. The van der Waals surface area contributed by atoms with Crippen molar-refractivity contribution in [1.29, 1.82) is 0 Å². The minimum Gasteiger partial charge on any atom is -0.368 e. The van der Waals surface area contributed by atoms with Crippen LogP contribution in [0.2, 0.25) is 5.02 Å². The highest BCUT2D eigenvalue weighted by molar-refractivity contribution is 7.89. The van der Waals surface area contributed by atoms with Gasteiger partial charge < -0.3 is 15.1 Å². The van der Waals surface area contributed by atoms with E-state index < -0.39 is 15.9 Å². The van der Waals surface area contributed by atoms with Crippen LogP contribution in [0.15, 0.2) is 53.4 Å². The molecule has 8 nitrogen and oxygen atoms in total. The number of amides is 2. The van der Waals surface area contributed by atoms with Crippen LogP contribution in [-0.2, 0) is 14.8 Å². The average Bonchev–Trinajstić information content (AvgIpc) is 2.77. The Balaban J connectivity index is 1.53. The third kappa shape index (κ3) is 5.96. The fraction of sp³-hybridized carbons (Fsp3) is 0.333. The molecule has 166 valence electrons. The van der Waals surface area contributed by atoms with Crippen LogP contribution in [0.25, 0.3) is 0 Å². The lowest BCUT2D eigenvalue weighted by molar-refractivity contribution is -0.130. The molecule has 0 radical (unpaired) electrons. The normalized spacial score (nSPS) is 14.4. The molecule has 1 saturated heterocycles. The minimum absolute atomic E-state index is 0.00506. The quantitative estimate of drug-likeness (QED) is 0.650. The molecular formula is C21H25ClN4O4S. The van der Waals surface area contributed by atoms with E-state index in [9.17, 15) is 18.0 Å². The summed E-state index contributed by atoms with van der Waals surface area (Å²) in [6, 6.07) is 13.3. The van der Waals surface area contributed by atoms with Crippen LogP contribution in [0.3, 0.4) is 0 Å². The van der Waals surface area contributed by atoms with E-state index in [4.69, 9.17) is 11.6 Å². The zero-order valence-electron chi connectivity index (χ0n) is 17.2. The zero-order valence-corrected chi connectivity index (χ0v) is 18.7. The summed E-state index contributed by atoms with van der Waals surface area (Å²) >= 11 is 6.05. The van der Waals surface area contributed by atoms with Crippen molar-refractivity contribution in [3.63, 3.8) is 0 Å². The third-order valence-electron chi connectivity index (χ3n) is 4.95. The highest BCUT2D eigenvalue weighted by Gasteiger charge is 2.22. The van der Waals surface area contributed by atoms with E-state index in [1.165, 1.54) is 24.3 Å². The van der Waals surface area contributed by atoms with Crippen LogP contribution < -0.4 is 14.9 Å². The summed E-state index contributed by atoms with van der Waals surface area (Å²) in [5.41, 5.74) is 1.19. The van der Waals surface area contributed by atoms with E-state index in [0.29, 0.717) is 31.2 Å². The predicted octanol–water partition coefficient (Wildman–Crippen LogP) is 1.72. The van der Waals surface area contributed by atoms with Crippen molar-refractivity contribution in [2.24, 2.45) is 0 Å². The second kappa shape index (κ2) is 10.1. The van der Waals surface area contributed by atoms with Crippen molar-refractivity contribution >= 4 is 39.1 Å². The van der Waals surface area contributed by atoms with Gasteiger partial charge in [0.2, 0.25) is 15.9 Å². The summed E-state index contributed by atoms with van der Waals surface area (Å²) in [6.45, 7) is 4.19. The maximum atomic E-state index is 12.5. The van der Waals surface area contributed by atoms with Gasteiger partial charge in [0, 0.05) is 49.0 Å². The summed E-state index contributed by atoms with van der Waals surface area (Å²) in [5.74, 6) is -0.685. The number of sulfonamides is 1. The molecule has 0 aromatic heterocycles. The number of hydrogen-bond acceptors (Lipinski definition) is 5. The van der Waals surface area contributed by atoms with Gasteiger partial charge in [0.1, 0.15) is 0 Å². The monoisotopic (exact) mass is 464 g/mol. The fourth-order valence-electron chi connectivity index (χ4n) is 3.33. The smallest absolute Gasteiger partial charge is 0.251 e. The molecule has 0 unspecified atom stereocenters. The van der Waals surface area contributed by atoms with E-state index >= 15 is 0 Å². The van der Waals surface area contributed by atoms with E-state index in [1.807, 2.05) is 24.3 Å². The first-order valence-corrected chi connectivity index (χ1v) is 11.8. The number of carbonyl (C=O) groups is 2. The van der Waals surface area contributed by atoms with Crippen LogP contribution >= 0.6 is 11.6 Å². The highest BCUT2D eigenvalue weighted by Crippen LogP contribution is 2.20. The Hall–Kier alpha value is -2.62. The van der Waals surface area contributed by atoms with Crippen molar-refractivity contribution in [1.82, 2.24) is 14.9 Å². The lowest BCUT2D eigenvalue weighted by Crippen LogP contribution is -2.51. The summed E-state index contributed by atoms with van der Waals surface area (Å²) < 4.78 is 26.6. The molecule has 1 aliphatic heterocycles. The highest BCUT2D eigenvalue weighted by atomic mass is 35.5. The van der Waals surface area contributed by atoms with E-state index in [1.54, 1.807) is 11.8 Å². The molecule has 1 heterocycles. The molecule has 0 aliphatic carbocycles. The molecule has 0 spiro atoms. The lowest BCUT2D eigenvalue weighted by atomic mass is 10.2. The maximum Gasteiger partial charge on any atom is 0.251 e. The zero-order chi connectivity index (χ0) is 22.4. The van der Waals surface area contributed by atoms with Crippen LogP contribution in [0.4, 0.5) is 5.69 Å². The number of piperazine rings is 1. The Morgan fingerprint density at radius 1 is 1.03 bits per heavy atom. The standard InChI is InChI=1S/C21H25ClN4O4S/c1-2-24-31(29,30)19-8-3-5-16(13-19)21(28)23-15-20(27)26-11-9-25(10-12-26)18-7-4-6-17(22)14-18/h3-8,13-14,24H,2,9-12,15H2,1H3,(H,23,28). The largest absolute Gasteiger partial charge is 0.368 e. The van der Waals surface area contributed by atoms with Gasteiger partial charge >= 0.3 is 0 Å². The molecule has 10 heteroatoms. The number of anilines is 1. The Kier molecular flexibility index (Phi) is 7.53. The number of nitrogens with zero attached hydrogens (tertiary/aromatic N) is 2. The second-order valence-corrected chi connectivity index (χ2v) is 9.26. The number of rotatable bonds is 7. The maximum absolute atomic E-state index is 12.5. The average molecular weight is 465 g/mol. The molecule has 2 aromatic rings. The van der Waals surface area contributed by atoms with Gasteiger partial charge in [-0.2, -0.15) is 0 Å². The number of nitrogens with one attached hydrogen (secondary N) is 2. The van der Waals surface area contributed by atoms with Crippen molar-refractivity contribution < 1.29 is 18.0 Å². The second-order valence-electron chi connectivity index (χ2n) is 7.06. The SMILES string of the molecule is CCNS(=O)(=O)c1cccc(C(=O)NCC(=O)N2CCN(c3cccc(Cl)c3)CC2)c1. The first-order chi connectivity index (χ1) is 14.8. The lowest BCUT2D eigenvalue weighted by Gasteiger charge is -2.36. The topological polar surface area (TPSA) is 98.8 Å². The molecule has 1 fully saturated rings. The van der Waals surface area contributed by atoms with Crippen molar-refractivity contribution in [2.75, 3.05) is 44.2 Å².